The first kappa shape index (κ1) is 40.6. The fraction of sp³-hybridized carbons (Fsp3) is 0.971. The summed E-state index contributed by atoms with van der Waals surface area (Å²) in [5.74, 6) is -0.882. The number of rotatable bonds is 31. The van der Waals surface area contributed by atoms with Crippen LogP contribution in [0.3, 0.4) is 0 Å². The number of nitrogens with zero attached hydrogens (tertiary/aromatic N) is 1. The maximum absolute atomic E-state index is 11.4. The van der Waals surface area contributed by atoms with Crippen LogP contribution >= 0.6 is 0 Å². The second kappa shape index (κ2) is 33.6. The van der Waals surface area contributed by atoms with Crippen molar-refractivity contribution < 1.29 is 39.5 Å². The maximum Gasteiger partial charge on any atom is 1.00 e. The van der Waals surface area contributed by atoms with Gasteiger partial charge >= 0.3 is 29.6 Å². The van der Waals surface area contributed by atoms with Crippen molar-refractivity contribution in [3.8, 4) is 0 Å². The fourth-order valence-corrected chi connectivity index (χ4v) is 5.73. The normalized spacial score (nSPS) is 12.1. The molecule has 0 aliphatic heterocycles. The summed E-state index contributed by atoms with van der Waals surface area (Å²) in [6.07, 6.45) is 35.0. The Kier molecular flexibility index (Phi) is 35.9. The average Bonchev–Trinajstić information content (AvgIpc) is 2.88. The molecule has 0 rings (SSSR count). The minimum absolute atomic E-state index is 0. The Hall–Kier alpha value is 0.430. The summed E-state index contributed by atoms with van der Waals surface area (Å²) in [6, 6.07) is 0.162. The van der Waals surface area contributed by atoms with Gasteiger partial charge in [-0.2, -0.15) is 0 Å². The SMILES string of the molecule is CCCCCCCCCCCCCCN(CCCCCCCCCCCCCC)C(CCC)CC(=O)[O-].[Na+]. The van der Waals surface area contributed by atoms with E-state index in [1.807, 2.05) is 0 Å². The van der Waals surface area contributed by atoms with E-state index >= 15 is 0 Å². The van der Waals surface area contributed by atoms with Gasteiger partial charge in [-0.15, -0.1) is 0 Å². The van der Waals surface area contributed by atoms with E-state index in [1.54, 1.807) is 0 Å². The summed E-state index contributed by atoms with van der Waals surface area (Å²) < 4.78 is 0. The zero-order chi connectivity index (χ0) is 27.2. The molecule has 0 radical (unpaired) electrons. The number of carbonyl (C=O) groups excluding carboxylic acids is 1. The van der Waals surface area contributed by atoms with Crippen molar-refractivity contribution in [1.82, 2.24) is 4.90 Å². The van der Waals surface area contributed by atoms with Crippen molar-refractivity contribution in [3.05, 3.63) is 0 Å². The molecule has 0 fully saturated rings. The van der Waals surface area contributed by atoms with Crippen LogP contribution in [0.25, 0.3) is 0 Å². The quantitative estimate of drug-likeness (QED) is 0.0695. The standard InChI is InChI=1S/C34H69NO2.Na/c1-4-7-9-11-13-15-17-19-21-23-25-27-30-35(33(29-6-3)32-34(36)37)31-28-26-24-22-20-18-16-14-12-10-8-5-2;/h33H,4-32H2,1-3H3,(H,36,37);/q;+1/p-1. The molecule has 0 bridgehead atoms. The number of carboxylic acid groups (broad SMARTS) is 1. The van der Waals surface area contributed by atoms with Crippen molar-refractivity contribution in [2.24, 2.45) is 0 Å². The Morgan fingerprint density at radius 2 is 0.789 bits per heavy atom. The first-order chi connectivity index (χ1) is 18.2. The molecule has 0 saturated carbocycles. The first-order valence-corrected chi connectivity index (χ1v) is 17.1. The Bertz CT molecular complexity index is 432. The summed E-state index contributed by atoms with van der Waals surface area (Å²) in [6.45, 7) is 8.87. The molecule has 38 heavy (non-hydrogen) atoms. The number of hydrogen-bond acceptors (Lipinski definition) is 3. The maximum atomic E-state index is 11.4. The summed E-state index contributed by atoms with van der Waals surface area (Å²) in [7, 11) is 0. The van der Waals surface area contributed by atoms with Crippen LogP contribution in [0.4, 0.5) is 0 Å². The number of aliphatic carboxylic acids is 1. The van der Waals surface area contributed by atoms with E-state index in [-0.39, 0.29) is 42.0 Å². The molecule has 0 spiro atoms. The first-order valence-electron chi connectivity index (χ1n) is 17.1. The predicted molar refractivity (Wildman–Crippen MR) is 162 cm³/mol. The number of carbonyl (C=O) groups is 1. The van der Waals surface area contributed by atoms with E-state index in [4.69, 9.17) is 0 Å². The van der Waals surface area contributed by atoms with E-state index in [2.05, 4.69) is 25.7 Å². The molecular weight excluding hydrogens is 477 g/mol. The summed E-state index contributed by atoms with van der Waals surface area (Å²) in [5, 5.41) is 11.4. The Morgan fingerprint density at radius 3 is 1.05 bits per heavy atom. The minimum atomic E-state index is -0.882. The largest absolute Gasteiger partial charge is 1.00 e. The molecular formula is C34H68NNaO2. The van der Waals surface area contributed by atoms with Crippen LogP contribution in [-0.2, 0) is 4.79 Å². The van der Waals surface area contributed by atoms with Crippen molar-refractivity contribution in [2.75, 3.05) is 13.1 Å². The van der Waals surface area contributed by atoms with Crippen LogP contribution in [0.2, 0.25) is 0 Å². The van der Waals surface area contributed by atoms with Gasteiger partial charge in [0.2, 0.25) is 0 Å². The monoisotopic (exact) mass is 546 g/mol. The molecule has 0 aliphatic rings. The van der Waals surface area contributed by atoms with Crippen LogP contribution in [0, 0.1) is 0 Å². The molecule has 0 aliphatic carbocycles. The zero-order valence-corrected chi connectivity index (χ0v) is 28.8. The molecule has 0 aromatic heterocycles. The predicted octanol–water partition coefficient (Wildman–Crippen LogP) is 7.00. The van der Waals surface area contributed by atoms with Crippen molar-refractivity contribution in [1.29, 1.82) is 0 Å². The van der Waals surface area contributed by atoms with Crippen LogP contribution in [0.15, 0.2) is 0 Å². The van der Waals surface area contributed by atoms with Gasteiger partial charge < -0.3 is 14.8 Å². The second-order valence-corrected chi connectivity index (χ2v) is 11.8. The molecule has 3 nitrogen and oxygen atoms in total. The minimum Gasteiger partial charge on any atom is -0.550 e. The molecule has 0 N–H and O–H groups in total. The fourth-order valence-electron chi connectivity index (χ4n) is 5.73. The van der Waals surface area contributed by atoms with Crippen LogP contribution in [0.5, 0.6) is 0 Å². The molecule has 1 atom stereocenters. The Balaban J connectivity index is 0. The van der Waals surface area contributed by atoms with E-state index in [1.165, 1.54) is 154 Å². The van der Waals surface area contributed by atoms with E-state index < -0.39 is 5.97 Å². The molecule has 0 aromatic rings. The van der Waals surface area contributed by atoms with Gasteiger partial charge in [-0.1, -0.05) is 168 Å². The van der Waals surface area contributed by atoms with Crippen molar-refractivity contribution >= 4 is 5.97 Å². The van der Waals surface area contributed by atoms with Gasteiger partial charge in [0.25, 0.3) is 0 Å². The van der Waals surface area contributed by atoms with Crippen molar-refractivity contribution in [3.63, 3.8) is 0 Å². The van der Waals surface area contributed by atoms with Crippen molar-refractivity contribution in [2.45, 2.75) is 200 Å². The van der Waals surface area contributed by atoms with Gasteiger partial charge in [0, 0.05) is 18.4 Å². The molecule has 0 aromatic carbocycles. The van der Waals surface area contributed by atoms with Crippen LogP contribution in [0.1, 0.15) is 194 Å². The summed E-state index contributed by atoms with van der Waals surface area (Å²) in [4.78, 5) is 13.9. The smallest absolute Gasteiger partial charge is 0.550 e. The Labute approximate surface area is 262 Å². The molecule has 1 unspecified atom stereocenters. The molecule has 0 saturated heterocycles. The van der Waals surface area contributed by atoms with Crippen LogP contribution in [-0.4, -0.2) is 30.0 Å². The molecule has 0 heterocycles. The van der Waals surface area contributed by atoms with Gasteiger partial charge in [-0.05, 0) is 32.4 Å². The van der Waals surface area contributed by atoms with E-state index in [0.717, 1.165) is 25.9 Å². The summed E-state index contributed by atoms with van der Waals surface area (Å²) in [5.41, 5.74) is 0. The van der Waals surface area contributed by atoms with Gasteiger partial charge in [0.05, 0.1) is 0 Å². The topological polar surface area (TPSA) is 43.4 Å². The number of hydrogen-bond donors (Lipinski definition) is 0. The third-order valence-corrected chi connectivity index (χ3v) is 8.14. The molecule has 222 valence electrons. The van der Waals surface area contributed by atoms with Crippen LogP contribution < -0.4 is 34.7 Å². The molecule has 4 heteroatoms. The van der Waals surface area contributed by atoms with Gasteiger partial charge in [-0.3, -0.25) is 0 Å². The molecule has 0 amide bonds. The third kappa shape index (κ3) is 29.4. The third-order valence-electron chi connectivity index (χ3n) is 8.14. The number of carboxylic acids is 1. The summed E-state index contributed by atoms with van der Waals surface area (Å²) >= 11 is 0. The zero-order valence-electron chi connectivity index (χ0n) is 26.8. The number of unbranched alkanes of at least 4 members (excludes halogenated alkanes) is 22. The second-order valence-electron chi connectivity index (χ2n) is 11.8. The Morgan fingerprint density at radius 1 is 0.500 bits per heavy atom. The van der Waals surface area contributed by atoms with Gasteiger partial charge in [0.1, 0.15) is 0 Å². The van der Waals surface area contributed by atoms with Gasteiger partial charge in [0.15, 0.2) is 0 Å². The van der Waals surface area contributed by atoms with E-state index in [9.17, 15) is 9.90 Å². The average molecular weight is 546 g/mol. The van der Waals surface area contributed by atoms with E-state index in [0.29, 0.717) is 0 Å². The van der Waals surface area contributed by atoms with Gasteiger partial charge in [-0.25, -0.2) is 0 Å².